The number of hydrogen-bond acceptors (Lipinski definition) is 6. The predicted octanol–water partition coefficient (Wildman–Crippen LogP) is 4.18. The Bertz CT molecular complexity index is 849. The number of halogens is 1. The van der Waals surface area contributed by atoms with Gasteiger partial charge in [-0.3, -0.25) is 0 Å². The number of rotatable bonds is 7. The summed E-state index contributed by atoms with van der Waals surface area (Å²) in [4.78, 5) is 12.2. The number of carbonyl (C=O) groups is 1. The number of methoxy groups -OCH3 is 2. The van der Waals surface area contributed by atoms with Crippen molar-refractivity contribution in [2.45, 2.75) is 19.8 Å². The highest BCUT2D eigenvalue weighted by Crippen LogP contribution is 2.49. The number of benzene rings is 2. The van der Waals surface area contributed by atoms with Crippen molar-refractivity contribution < 1.29 is 28.5 Å². The maximum atomic E-state index is 12.2. The van der Waals surface area contributed by atoms with Crippen LogP contribution in [0.1, 0.15) is 27.9 Å². The average Bonchev–Trinajstić information content (AvgIpc) is 3.13. The molecule has 144 valence electrons. The highest BCUT2D eigenvalue weighted by molar-refractivity contribution is 6.33. The van der Waals surface area contributed by atoms with Crippen molar-refractivity contribution >= 4 is 17.6 Å². The van der Waals surface area contributed by atoms with Crippen LogP contribution in [-0.2, 0) is 11.2 Å². The van der Waals surface area contributed by atoms with Crippen LogP contribution in [-0.4, -0.2) is 33.6 Å². The Labute approximate surface area is 162 Å². The van der Waals surface area contributed by atoms with E-state index in [2.05, 4.69) is 0 Å². The number of ether oxygens (including phenoxy) is 5. The summed E-state index contributed by atoms with van der Waals surface area (Å²) in [6.45, 7) is 2.29. The minimum Gasteiger partial charge on any atom is -0.492 e. The van der Waals surface area contributed by atoms with Crippen LogP contribution in [0.25, 0.3) is 0 Å². The molecule has 1 aliphatic heterocycles. The number of esters is 1. The number of fused-ring (bicyclic) bond motifs is 1. The lowest BCUT2D eigenvalue weighted by Gasteiger charge is -2.15. The second kappa shape index (κ2) is 8.39. The number of hydrogen-bond donors (Lipinski definition) is 0. The minimum atomic E-state index is -0.432. The molecule has 0 saturated heterocycles. The fraction of sp³-hybridized carbons (Fsp3) is 0.350. The van der Waals surface area contributed by atoms with Crippen molar-refractivity contribution in [1.29, 1.82) is 0 Å². The topological polar surface area (TPSA) is 63.2 Å². The van der Waals surface area contributed by atoms with Gasteiger partial charge in [0.25, 0.3) is 0 Å². The molecule has 0 amide bonds. The number of carbonyl (C=O) groups excluding carboxylic acids is 1. The van der Waals surface area contributed by atoms with Crippen LogP contribution in [0.3, 0.4) is 0 Å². The largest absolute Gasteiger partial charge is 0.492 e. The molecule has 0 atom stereocenters. The van der Waals surface area contributed by atoms with Crippen LogP contribution < -0.4 is 18.9 Å². The van der Waals surface area contributed by atoms with E-state index in [1.54, 1.807) is 26.4 Å². The van der Waals surface area contributed by atoms with Gasteiger partial charge < -0.3 is 23.7 Å². The van der Waals surface area contributed by atoms with E-state index in [1.165, 1.54) is 0 Å². The standard InChI is InChI=1S/C20H21ClO6/c1-12-6-7-15(21)14(9-12)20(22)25-8-4-5-13-10-16-18(27-11-26-16)19(24-3)17(13)23-2/h6-7,9-10H,4-5,8,11H2,1-3H3. The first-order valence-electron chi connectivity index (χ1n) is 8.52. The van der Waals surface area contributed by atoms with Crippen molar-refractivity contribution in [3.63, 3.8) is 0 Å². The molecular formula is C20H21ClO6. The summed E-state index contributed by atoms with van der Waals surface area (Å²) in [5.74, 6) is 1.82. The molecule has 0 N–H and O–H groups in total. The Morgan fingerprint density at radius 3 is 2.67 bits per heavy atom. The lowest BCUT2D eigenvalue weighted by atomic mass is 10.1. The van der Waals surface area contributed by atoms with E-state index in [1.807, 2.05) is 19.1 Å². The van der Waals surface area contributed by atoms with Gasteiger partial charge in [0.1, 0.15) is 0 Å². The third-order valence-corrected chi connectivity index (χ3v) is 4.55. The van der Waals surface area contributed by atoms with Crippen molar-refractivity contribution in [3.05, 3.63) is 46.0 Å². The number of aryl methyl sites for hydroxylation is 2. The van der Waals surface area contributed by atoms with Crippen LogP contribution in [0.4, 0.5) is 0 Å². The average molecular weight is 393 g/mol. The molecule has 0 saturated carbocycles. The van der Waals surface area contributed by atoms with Gasteiger partial charge in [0, 0.05) is 5.56 Å². The third-order valence-electron chi connectivity index (χ3n) is 4.22. The highest BCUT2D eigenvalue weighted by Gasteiger charge is 2.26. The van der Waals surface area contributed by atoms with Crippen molar-refractivity contribution in [3.8, 4) is 23.0 Å². The van der Waals surface area contributed by atoms with Gasteiger partial charge in [0.15, 0.2) is 11.5 Å². The molecule has 3 rings (SSSR count). The van der Waals surface area contributed by atoms with Gasteiger partial charge in [-0.05, 0) is 38.0 Å². The molecule has 0 aromatic heterocycles. The lowest BCUT2D eigenvalue weighted by molar-refractivity contribution is 0.0500. The van der Waals surface area contributed by atoms with Crippen LogP contribution >= 0.6 is 11.6 Å². The summed E-state index contributed by atoms with van der Waals surface area (Å²) in [7, 11) is 3.13. The first-order chi connectivity index (χ1) is 13.0. The van der Waals surface area contributed by atoms with E-state index in [-0.39, 0.29) is 13.4 Å². The van der Waals surface area contributed by atoms with Crippen molar-refractivity contribution in [2.75, 3.05) is 27.6 Å². The SMILES string of the molecule is COc1c(CCCOC(=O)c2cc(C)ccc2Cl)cc2c(c1OC)OCO2. The van der Waals surface area contributed by atoms with Crippen molar-refractivity contribution in [2.24, 2.45) is 0 Å². The summed E-state index contributed by atoms with van der Waals surface area (Å²) in [5, 5.41) is 0.382. The van der Waals surface area contributed by atoms with E-state index in [4.69, 9.17) is 35.3 Å². The Balaban J connectivity index is 1.64. The van der Waals surface area contributed by atoms with Crippen molar-refractivity contribution in [1.82, 2.24) is 0 Å². The summed E-state index contributed by atoms with van der Waals surface area (Å²) in [6.07, 6.45) is 1.22. The fourth-order valence-electron chi connectivity index (χ4n) is 2.94. The monoisotopic (exact) mass is 392 g/mol. The Morgan fingerprint density at radius 1 is 1.15 bits per heavy atom. The van der Waals surface area contributed by atoms with E-state index < -0.39 is 5.97 Å². The van der Waals surface area contributed by atoms with E-state index >= 15 is 0 Å². The maximum absolute atomic E-state index is 12.2. The molecule has 0 unspecified atom stereocenters. The molecule has 1 aliphatic rings. The van der Waals surface area contributed by atoms with Crippen LogP contribution in [0.15, 0.2) is 24.3 Å². The van der Waals surface area contributed by atoms with Gasteiger partial charge >= 0.3 is 5.97 Å². The molecule has 2 aromatic rings. The molecule has 0 fully saturated rings. The first kappa shape index (κ1) is 19.2. The zero-order chi connectivity index (χ0) is 19.4. The summed E-state index contributed by atoms with van der Waals surface area (Å²) < 4.78 is 27.1. The molecule has 0 spiro atoms. The first-order valence-corrected chi connectivity index (χ1v) is 8.89. The van der Waals surface area contributed by atoms with Gasteiger partial charge in [-0.2, -0.15) is 0 Å². The van der Waals surface area contributed by atoms with Crippen LogP contribution in [0.5, 0.6) is 23.0 Å². The molecule has 1 heterocycles. The summed E-state index contributed by atoms with van der Waals surface area (Å²) >= 11 is 6.07. The molecule has 7 heteroatoms. The zero-order valence-electron chi connectivity index (χ0n) is 15.5. The van der Waals surface area contributed by atoms with Gasteiger partial charge in [-0.1, -0.05) is 23.2 Å². The summed E-state index contributed by atoms with van der Waals surface area (Å²) in [6, 6.07) is 7.12. The highest BCUT2D eigenvalue weighted by atomic mass is 35.5. The quantitative estimate of drug-likeness (QED) is 0.520. The second-order valence-electron chi connectivity index (χ2n) is 6.06. The molecule has 27 heavy (non-hydrogen) atoms. The maximum Gasteiger partial charge on any atom is 0.339 e. The smallest absolute Gasteiger partial charge is 0.339 e. The molecule has 0 aliphatic carbocycles. The second-order valence-corrected chi connectivity index (χ2v) is 6.47. The van der Waals surface area contributed by atoms with Gasteiger partial charge in [-0.25, -0.2) is 4.79 Å². The van der Waals surface area contributed by atoms with Gasteiger partial charge in [0.2, 0.25) is 18.3 Å². The molecule has 2 aromatic carbocycles. The lowest BCUT2D eigenvalue weighted by Crippen LogP contribution is -2.08. The van der Waals surface area contributed by atoms with E-state index in [0.717, 1.165) is 11.1 Å². The third kappa shape index (κ3) is 4.06. The van der Waals surface area contributed by atoms with E-state index in [9.17, 15) is 4.79 Å². The Kier molecular flexibility index (Phi) is 5.96. The molecule has 0 radical (unpaired) electrons. The minimum absolute atomic E-state index is 0.146. The van der Waals surface area contributed by atoms with Crippen LogP contribution in [0.2, 0.25) is 5.02 Å². The van der Waals surface area contributed by atoms with Gasteiger partial charge in [0.05, 0.1) is 31.4 Å². The van der Waals surface area contributed by atoms with Gasteiger partial charge in [-0.15, -0.1) is 0 Å². The fourth-order valence-corrected chi connectivity index (χ4v) is 3.14. The van der Waals surface area contributed by atoms with E-state index in [0.29, 0.717) is 46.4 Å². The Hall–Kier alpha value is -2.60. The molecule has 6 nitrogen and oxygen atoms in total. The normalized spacial score (nSPS) is 12.0. The molecule has 0 bridgehead atoms. The zero-order valence-corrected chi connectivity index (χ0v) is 16.2. The summed E-state index contributed by atoms with van der Waals surface area (Å²) in [5.41, 5.74) is 2.21. The van der Waals surface area contributed by atoms with Crippen LogP contribution in [0, 0.1) is 6.92 Å². The molecular weight excluding hydrogens is 372 g/mol. The predicted molar refractivity (Wildman–Crippen MR) is 100 cm³/mol. The Morgan fingerprint density at radius 2 is 1.93 bits per heavy atom.